The molecule has 1 heterocycles. The molecule has 4 rings (SSSR count). The van der Waals surface area contributed by atoms with Crippen LogP contribution in [-0.4, -0.2) is 42.7 Å². The summed E-state index contributed by atoms with van der Waals surface area (Å²) in [6, 6.07) is 19.8. The number of hydrogen-bond acceptors (Lipinski definition) is 7. The predicted octanol–water partition coefficient (Wildman–Crippen LogP) is 3.45. The van der Waals surface area contributed by atoms with Crippen LogP contribution in [0.1, 0.15) is 23.6 Å². The van der Waals surface area contributed by atoms with E-state index in [2.05, 4.69) is 5.32 Å². The molecular weight excluding hydrogens is 486 g/mol. The van der Waals surface area contributed by atoms with Crippen LogP contribution in [0, 0.1) is 10.1 Å². The molecule has 11 heteroatoms. The normalized spacial score (nSPS) is 15.5. The molecule has 1 N–H and O–H groups in total. The number of nitrogens with one attached hydrogen (secondary N) is 1. The minimum atomic E-state index is -3.88. The molecule has 1 atom stereocenters. The van der Waals surface area contributed by atoms with E-state index in [0.29, 0.717) is 12.1 Å². The van der Waals surface area contributed by atoms with Crippen molar-refractivity contribution in [3.63, 3.8) is 0 Å². The van der Waals surface area contributed by atoms with Crippen molar-refractivity contribution in [1.82, 2.24) is 4.31 Å². The molecule has 0 radical (unpaired) electrons. The smallest absolute Gasteiger partial charge is 0.308 e. The minimum absolute atomic E-state index is 0.123. The summed E-state index contributed by atoms with van der Waals surface area (Å²) < 4.78 is 33.2. The Labute approximate surface area is 207 Å². The first-order valence-corrected chi connectivity index (χ1v) is 12.5. The van der Waals surface area contributed by atoms with Crippen LogP contribution >= 0.6 is 0 Å². The summed E-state index contributed by atoms with van der Waals surface area (Å²) in [6.07, 6.45) is 0.235. The maximum atomic E-state index is 13.4. The summed E-state index contributed by atoms with van der Waals surface area (Å²) in [5, 5.41) is 13.2. The monoisotopic (exact) mass is 509 g/mol. The fraction of sp³-hybridized carbons (Fsp3) is 0.200. The van der Waals surface area contributed by atoms with E-state index in [1.807, 2.05) is 12.1 Å². The highest BCUT2D eigenvalue weighted by Crippen LogP contribution is 2.36. The van der Waals surface area contributed by atoms with Gasteiger partial charge in [-0.05, 0) is 41.8 Å². The lowest BCUT2D eigenvalue weighted by Crippen LogP contribution is -2.41. The van der Waals surface area contributed by atoms with Gasteiger partial charge >= 0.3 is 5.97 Å². The van der Waals surface area contributed by atoms with E-state index < -0.39 is 39.5 Å². The van der Waals surface area contributed by atoms with E-state index in [1.165, 1.54) is 40.7 Å². The molecule has 3 aromatic rings. The minimum Gasteiger partial charge on any atom is -0.456 e. The topological polar surface area (TPSA) is 136 Å². The van der Waals surface area contributed by atoms with Crippen LogP contribution in [0.4, 0.5) is 11.4 Å². The van der Waals surface area contributed by atoms with Crippen LogP contribution < -0.4 is 5.32 Å². The molecule has 0 aromatic heterocycles. The molecular formula is C25H23N3O7S. The molecule has 1 aliphatic heterocycles. The fourth-order valence-electron chi connectivity index (χ4n) is 4.08. The van der Waals surface area contributed by atoms with Gasteiger partial charge in [0, 0.05) is 24.4 Å². The number of rotatable bonds is 8. The zero-order valence-corrected chi connectivity index (χ0v) is 19.9. The first-order chi connectivity index (χ1) is 17.3. The Morgan fingerprint density at radius 2 is 1.67 bits per heavy atom. The lowest BCUT2D eigenvalue weighted by molar-refractivity contribution is -0.384. The lowest BCUT2D eigenvalue weighted by atomic mass is 9.92. The number of benzene rings is 3. The van der Waals surface area contributed by atoms with Crippen molar-refractivity contribution in [3.8, 4) is 0 Å². The van der Waals surface area contributed by atoms with E-state index in [4.69, 9.17) is 4.74 Å². The number of carbonyl (C=O) groups is 2. The van der Waals surface area contributed by atoms with Crippen molar-refractivity contribution >= 4 is 33.3 Å². The Bertz CT molecular complexity index is 1380. The van der Waals surface area contributed by atoms with Crippen LogP contribution in [-0.2, 0) is 30.8 Å². The van der Waals surface area contributed by atoms with Crippen molar-refractivity contribution in [2.75, 3.05) is 18.5 Å². The van der Waals surface area contributed by atoms with Crippen LogP contribution in [0.5, 0.6) is 0 Å². The molecule has 0 bridgehead atoms. The van der Waals surface area contributed by atoms with Gasteiger partial charge in [-0.2, -0.15) is 4.31 Å². The number of fused-ring (bicyclic) bond motifs is 1. The van der Waals surface area contributed by atoms with E-state index >= 15 is 0 Å². The summed E-state index contributed by atoms with van der Waals surface area (Å²) >= 11 is 0. The van der Waals surface area contributed by atoms with Crippen molar-refractivity contribution in [3.05, 3.63) is 100 Å². The molecule has 1 amide bonds. The summed E-state index contributed by atoms with van der Waals surface area (Å²) in [5.74, 6) is -1.36. The molecule has 0 saturated heterocycles. The highest BCUT2D eigenvalue weighted by Gasteiger charge is 2.37. The molecule has 36 heavy (non-hydrogen) atoms. The number of amides is 1. The highest BCUT2D eigenvalue weighted by atomic mass is 32.2. The van der Waals surface area contributed by atoms with E-state index in [1.54, 1.807) is 30.3 Å². The number of non-ortho nitro benzene ring substituents is 1. The van der Waals surface area contributed by atoms with Crippen molar-refractivity contribution < 1.29 is 27.7 Å². The van der Waals surface area contributed by atoms with Gasteiger partial charge in [-0.3, -0.25) is 19.7 Å². The average Bonchev–Trinajstić information content (AvgIpc) is 2.88. The Kier molecular flexibility index (Phi) is 7.41. The predicted molar refractivity (Wildman–Crippen MR) is 131 cm³/mol. The Morgan fingerprint density at radius 3 is 2.36 bits per heavy atom. The van der Waals surface area contributed by atoms with Crippen LogP contribution in [0.2, 0.25) is 0 Å². The van der Waals surface area contributed by atoms with Crippen LogP contribution in [0.15, 0.2) is 83.8 Å². The quantitative estimate of drug-likeness (QED) is 0.279. The number of carbonyl (C=O) groups excluding carboxylic acids is 2. The number of nitrogens with zero attached hydrogens (tertiary/aromatic N) is 2. The summed E-state index contributed by atoms with van der Waals surface area (Å²) in [5.41, 5.74) is 1.85. The number of anilines is 1. The molecule has 3 aromatic carbocycles. The standard InChI is InChI=1S/C25H23N3O7S/c29-24(26-19-10-12-20(13-11-19)28(31)32)17-35-25(30)16-23-22-9-5-4-6-18(22)14-15-27(23)36(33,34)21-7-2-1-3-8-21/h1-13,23H,14-17H2,(H,26,29). The van der Waals surface area contributed by atoms with Crippen molar-refractivity contribution in [1.29, 1.82) is 0 Å². The first kappa shape index (κ1) is 25.0. The second-order valence-electron chi connectivity index (χ2n) is 8.11. The number of ether oxygens (including phenoxy) is 1. The summed E-state index contributed by atoms with van der Waals surface area (Å²) in [7, 11) is -3.88. The molecule has 1 unspecified atom stereocenters. The largest absolute Gasteiger partial charge is 0.456 e. The number of esters is 1. The van der Waals surface area contributed by atoms with Gasteiger partial charge in [0.05, 0.1) is 22.3 Å². The van der Waals surface area contributed by atoms with Gasteiger partial charge in [-0.25, -0.2) is 8.42 Å². The van der Waals surface area contributed by atoms with Crippen molar-refractivity contribution in [2.45, 2.75) is 23.8 Å². The van der Waals surface area contributed by atoms with Crippen LogP contribution in [0.25, 0.3) is 0 Å². The molecule has 0 saturated carbocycles. The Morgan fingerprint density at radius 1 is 1.00 bits per heavy atom. The molecule has 0 fully saturated rings. The molecule has 186 valence electrons. The zero-order chi connectivity index (χ0) is 25.7. The number of nitro groups is 1. The van der Waals surface area contributed by atoms with Gasteiger partial charge in [0.25, 0.3) is 11.6 Å². The van der Waals surface area contributed by atoms with Gasteiger partial charge in [0.1, 0.15) is 0 Å². The molecule has 0 spiro atoms. The molecule has 1 aliphatic rings. The maximum absolute atomic E-state index is 13.4. The molecule has 0 aliphatic carbocycles. The highest BCUT2D eigenvalue weighted by molar-refractivity contribution is 7.89. The third-order valence-corrected chi connectivity index (χ3v) is 7.72. The fourth-order valence-corrected chi connectivity index (χ4v) is 5.71. The Balaban J connectivity index is 1.45. The van der Waals surface area contributed by atoms with Crippen molar-refractivity contribution in [2.24, 2.45) is 0 Å². The average molecular weight is 510 g/mol. The third-order valence-electron chi connectivity index (χ3n) is 5.80. The van der Waals surface area contributed by atoms with E-state index in [-0.39, 0.29) is 23.5 Å². The maximum Gasteiger partial charge on any atom is 0.308 e. The number of sulfonamides is 1. The molecule has 10 nitrogen and oxygen atoms in total. The van der Waals surface area contributed by atoms with Gasteiger partial charge in [-0.1, -0.05) is 42.5 Å². The van der Waals surface area contributed by atoms with Gasteiger partial charge in [0.15, 0.2) is 6.61 Å². The summed E-state index contributed by atoms with van der Waals surface area (Å²) in [4.78, 5) is 35.2. The van der Waals surface area contributed by atoms with E-state index in [0.717, 1.165) is 11.1 Å². The summed E-state index contributed by atoms with van der Waals surface area (Å²) in [6.45, 7) is -0.386. The number of nitro benzene ring substituents is 1. The van der Waals surface area contributed by atoms with Gasteiger partial charge < -0.3 is 10.1 Å². The second-order valence-corrected chi connectivity index (χ2v) is 10.0. The number of hydrogen-bond donors (Lipinski definition) is 1. The SMILES string of the molecule is O=C(COC(=O)CC1c2ccccc2CCN1S(=O)(=O)c1ccccc1)Nc1ccc([N+](=O)[O-])cc1. The first-order valence-electron chi connectivity index (χ1n) is 11.1. The lowest BCUT2D eigenvalue weighted by Gasteiger charge is -2.36. The van der Waals surface area contributed by atoms with E-state index in [9.17, 15) is 28.1 Å². The second kappa shape index (κ2) is 10.7. The van der Waals surface area contributed by atoms with Crippen LogP contribution in [0.3, 0.4) is 0 Å². The third kappa shape index (κ3) is 5.58. The van der Waals surface area contributed by atoms with Gasteiger partial charge in [-0.15, -0.1) is 0 Å². The Hall–Kier alpha value is -4.09. The zero-order valence-electron chi connectivity index (χ0n) is 19.1. The van der Waals surface area contributed by atoms with Gasteiger partial charge in [0.2, 0.25) is 10.0 Å².